The molecule has 1 aromatic heterocycles. The fraction of sp³-hybridized carbons (Fsp3) is 0.636. The third-order valence-electron chi connectivity index (χ3n) is 2.63. The van der Waals surface area contributed by atoms with E-state index in [0.29, 0.717) is 25.3 Å². The Balaban J connectivity index is 3.05. The van der Waals surface area contributed by atoms with Crippen LogP contribution in [-0.2, 0) is 16.0 Å². The van der Waals surface area contributed by atoms with E-state index in [2.05, 4.69) is 15.6 Å². The number of hydrogen-bond donors (Lipinski definition) is 2. The lowest BCUT2D eigenvalue weighted by Gasteiger charge is -2.14. The van der Waals surface area contributed by atoms with Crippen molar-refractivity contribution in [1.82, 2.24) is 20.3 Å². The number of carbonyl (C=O) groups is 2. The van der Waals surface area contributed by atoms with E-state index < -0.39 is 12.0 Å². The summed E-state index contributed by atoms with van der Waals surface area (Å²) in [7, 11) is 1.52. The molecule has 106 valence electrons. The van der Waals surface area contributed by atoms with E-state index in [1.165, 1.54) is 11.8 Å². The van der Waals surface area contributed by atoms with Gasteiger partial charge in [-0.1, -0.05) is 5.21 Å². The van der Waals surface area contributed by atoms with Crippen LogP contribution in [0.1, 0.15) is 36.1 Å². The predicted molar refractivity (Wildman–Crippen MR) is 66.0 cm³/mol. The Hall–Kier alpha value is -1.96. The van der Waals surface area contributed by atoms with Crippen LogP contribution < -0.4 is 5.32 Å². The van der Waals surface area contributed by atoms with E-state index >= 15 is 0 Å². The first-order chi connectivity index (χ1) is 9.02. The van der Waals surface area contributed by atoms with Crippen LogP contribution in [0.4, 0.5) is 0 Å². The van der Waals surface area contributed by atoms with Gasteiger partial charge in [0, 0.05) is 20.1 Å². The number of ether oxygens (including phenoxy) is 1. The largest absolute Gasteiger partial charge is 0.476 e. The van der Waals surface area contributed by atoms with Crippen LogP contribution in [0.25, 0.3) is 0 Å². The highest BCUT2D eigenvalue weighted by Crippen LogP contribution is 2.13. The minimum atomic E-state index is -1.17. The number of amides is 1. The molecule has 8 heteroatoms. The van der Waals surface area contributed by atoms with Gasteiger partial charge in [-0.05, 0) is 13.8 Å². The lowest BCUT2D eigenvalue weighted by atomic mass is 10.2. The van der Waals surface area contributed by atoms with Crippen LogP contribution >= 0.6 is 0 Å². The van der Waals surface area contributed by atoms with Crippen molar-refractivity contribution in [1.29, 1.82) is 0 Å². The van der Waals surface area contributed by atoms with E-state index in [1.54, 1.807) is 13.8 Å². The molecule has 8 nitrogen and oxygen atoms in total. The molecule has 19 heavy (non-hydrogen) atoms. The number of hydrogen-bond acceptors (Lipinski definition) is 5. The number of rotatable bonds is 7. The molecule has 1 aromatic rings. The normalized spacial score (nSPS) is 12.2. The van der Waals surface area contributed by atoms with Gasteiger partial charge in [-0.15, -0.1) is 5.10 Å². The second-order valence-corrected chi connectivity index (χ2v) is 3.95. The zero-order valence-electron chi connectivity index (χ0n) is 11.2. The maximum Gasteiger partial charge on any atom is 0.358 e. The summed E-state index contributed by atoms with van der Waals surface area (Å²) in [6.07, 6.45) is 0.328. The molecular weight excluding hydrogens is 252 g/mol. The fourth-order valence-electron chi connectivity index (χ4n) is 1.66. The average molecular weight is 270 g/mol. The third kappa shape index (κ3) is 3.50. The van der Waals surface area contributed by atoms with Crippen molar-refractivity contribution in [2.24, 2.45) is 0 Å². The summed E-state index contributed by atoms with van der Waals surface area (Å²) in [6, 6.07) is -0.618. The first-order valence-corrected chi connectivity index (χ1v) is 5.96. The maximum absolute atomic E-state index is 11.8. The number of carboxylic acid groups (broad SMARTS) is 1. The highest BCUT2D eigenvalue weighted by Gasteiger charge is 2.24. The number of nitrogens with zero attached hydrogens (tertiary/aromatic N) is 3. The molecule has 1 rings (SSSR count). The summed E-state index contributed by atoms with van der Waals surface area (Å²) in [5.41, 5.74) is 0.237. The molecule has 0 aliphatic carbocycles. The lowest BCUT2D eigenvalue weighted by Crippen LogP contribution is -2.32. The Kier molecular flexibility index (Phi) is 5.43. The molecular formula is C11H18N4O4. The number of likely N-dealkylation sites (N-methyl/N-ethyl adjacent to an activating group) is 1. The van der Waals surface area contributed by atoms with Gasteiger partial charge in [-0.2, -0.15) is 0 Å². The molecule has 1 heterocycles. The Morgan fingerprint density at radius 3 is 2.74 bits per heavy atom. The zero-order valence-corrected chi connectivity index (χ0v) is 11.2. The van der Waals surface area contributed by atoms with Crippen molar-refractivity contribution >= 4 is 11.9 Å². The maximum atomic E-state index is 11.8. The molecule has 1 amide bonds. The quantitative estimate of drug-likeness (QED) is 0.714. The lowest BCUT2D eigenvalue weighted by molar-refractivity contribution is -0.124. The van der Waals surface area contributed by atoms with E-state index in [1.807, 2.05) is 0 Å². The zero-order chi connectivity index (χ0) is 14.4. The molecule has 2 N–H and O–H groups in total. The van der Waals surface area contributed by atoms with Gasteiger partial charge in [0.25, 0.3) is 0 Å². The monoisotopic (exact) mass is 270 g/mol. The van der Waals surface area contributed by atoms with Gasteiger partial charge >= 0.3 is 5.97 Å². The number of aromatic nitrogens is 3. The van der Waals surface area contributed by atoms with Crippen LogP contribution in [0.15, 0.2) is 0 Å². The molecule has 0 bridgehead atoms. The van der Waals surface area contributed by atoms with Gasteiger partial charge < -0.3 is 15.2 Å². The standard InChI is InChI=1S/C11H18N4O4/c1-4-12-10(16)7(2)15-8(5-6-19-3)9(11(17)18)13-14-15/h7H,4-6H2,1-3H3,(H,12,16)(H,17,18). The number of methoxy groups -OCH3 is 1. The SMILES string of the molecule is CCNC(=O)C(C)n1nnc(C(=O)O)c1CCOC. The average Bonchev–Trinajstić information content (AvgIpc) is 2.79. The van der Waals surface area contributed by atoms with Crippen molar-refractivity contribution in [3.8, 4) is 0 Å². The Morgan fingerprint density at radius 2 is 2.21 bits per heavy atom. The number of nitrogens with one attached hydrogen (secondary N) is 1. The van der Waals surface area contributed by atoms with Crippen LogP contribution in [0.3, 0.4) is 0 Å². The number of carboxylic acids is 1. The third-order valence-corrected chi connectivity index (χ3v) is 2.63. The van der Waals surface area contributed by atoms with Crippen molar-refractivity contribution in [3.05, 3.63) is 11.4 Å². The summed E-state index contributed by atoms with van der Waals surface area (Å²) in [5, 5.41) is 19.1. The minimum absolute atomic E-state index is 0.145. The first-order valence-electron chi connectivity index (χ1n) is 5.96. The summed E-state index contributed by atoms with van der Waals surface area (Å²) in [6.45, 7) is 4.27. The Morgan fingerprint density at radius 1 is 1.53 bits per heavy atom. The Labute approximate surface area is 110 Å². The molecule has 0 aromatic carbocycles. The smallest absolute Gasteiger partial charge is 0.358 e. The van der Waals surface area contributed by atoms with Gasteiger partial charge in [0.15, 0.2) is 5.69 Å². The van der Waals surface area contributed by atoms with Crippen molar-refractivity contribution < 1.29 is 19.4 Å². The van der Waals surface area contributed by atoms with Gasteiger partial charge in [0.1, 0.15) is 6.04 Å². The van der Waals surface area contributed by atoms with Crippen molar-refractivity contribution in [3.63, 3.8) is 0 Å². The summed E-state index contributed by atoms with van der Waals surface area (Å²) in [4.78, 5) is 22.8. The van der Waals surface area contributed by atoms with E-state index in [0.717, 1.165) is 0 Å². The highest BCUT2D eigenvalue weighted by atomic mass is 16.5. The van der Waals surface area contributed by atoms with Crippen LogP contribution in [0, 0.1) is 0 Å². The molecule has 0 saturated heterocycles. The van der Waals surface area contributed by atoms with E-state index in [-0.39, 0.29) is 11.6 Å². The molecule has 1 unspecified atom stereocenters. The molecule has 0 aliphatic heterocycles. The van der Waals surface area contributed by atoms with Crippen LogP contribution in [0.5, 0.6) is 0 Å². The van der Waals surface area contributed by atoms with E-state index in [4.69, 9.17) is 9.84 Å². The van der Waals surface area contributed by atoms with E-state index in [9.17, 15) is 9.59 Å². The topological polar surface area (TPSA) is 106 Å². The van der Waals surface area contributed by atoms with Gasteiger partial charge in [0.2, 0.25) is 5.91 Å². The predicted octanol–water partition coefficient (Wildman–Crippen LogP) is -0.138. The molecule has 0 aliphatic rings. The fourth-order valence-corrected chi connectivity index (χ4v) is 1.66. The van der Waals surface area contributed by atoms with Gasteiger partial charge in [0.05, 0.1) is 12.3 Å². The number of carbonyl (C=O) groups excluding carboxylic acids is 1. The molecule has 0 fully saturated rings. The molecule has 0 radical (unpaired) electrons. The minimum Gasteiger partial charge on any atom is -0.476 e. The summed E-state index contributed by atoms with van der Waals surface area (Å²) < 4.78 is 6.26. The van der Waals surface area contributed by atoms with Gasteiger partial charge in [-0.25, -0.2) is 9.48 Å². The molecule has 0 spiro atoms. The van der Waals surface area contributed by atoms with Crippen molar-refractivity contribution in [2.75, 3.05) is 20.3 Å². The van der Waals surface area contributed by atoms with Crippen LogP contribution in [-0.4, -0.2) is 52.2 Å². The van der Waals surface area contributed by atoms with Gasteiger partial charge in [-0.3, -0.25) is 4.79 Å². The molecule has 0 saturated carbocycles. The second kappa shape index (κ2) is 6.83. The first kappa shape index (κ1) is 15.1. The summed E-state index contributed by atoms with van der Waals surface area (Å²) >= 11 is 0. The second-order valence-electron chi connectivity index (χ2n) is 3.95. The van der Waals surface area contributed by atoms with Crippen molar-refractivity contribution in [2.45, 2.75) is 26.3 Å². The van der Waals surface area contributed by atoms with Crippen LogP contribution in [0.2, 0.25) is 0 Å². The summed E-state index contributed by atoms with van der Waals surface area (Å²) in [5.74, 6) is -1.40. The molecule has 1 atom stereocenters. The Bertz CT molecular complexity index is 458. The number of aromatic carboxylic acids is 1. The highest BCUT2D eigenvalue weighted by molar-refractivity contribution is 5.87.